The number of benzene rings is 1. The molecule has 0 saturated carbocycles. The lowest BCUT2D eigenvalue weighted by atomic mass is 9.91. The van der Waals surface area contributed by atoms with E-state index in [1.54, 1.807) is 12.1 Å². The Bertz CT molecular complexity index is 688. The highest BCUT2D eigenvalue weighted by Gasteiger charge is 2.22. The third-order valence-electron chi connectivity index (χ3n) is 3.53. The van der Waals surface area contributed by atoms with Crippen LogP contribution in [0, 0.1) is 11.3 Å². The van der Waals surface area contributed by atoms with E-state index in [2.05, 4.69) is 19.9 Å². The Morgan fingerprint density at radius 3 is 2.23 bits per heavy atom. The van der Waals surface area contributed by atoms with Crippen molar-refractivity contribution < 1.29 is 17.0 Å². The molecule has 0 aliphatic heterocycles. The molecule has 0 spiro atoms. The van der Waals surface area contributed by atoms with Crippen LogP contribution in [0.2, 0.25) is 10.0 Å². The number of pyridine rings is 1. The van der Waals surface area contributed by atoms with E-state index in [1.165, 1.54) is 0 Å². The van der Waals surface area contributed by atoms with Crippen LogP contribution in [0.1, 0.15) is 42.5 Å². The van der Waals surface area contributed by atoms with Gasteiger partial charge in [-0.15, -0.1) is 0 Å². The van der Waals surface area contributed by atoms with Gasteiger partial charge in [0.05, 0.1) is 12.0 Å². The molecule has 0 amide bonds. The molecule has 0 fully saturated rings. The maximum atomic E-state index is 9.58. The molecule has 0 radical (unpaired) electrons. The number of nitriles is 1. The van der Waals surface area contributed by atoms with Crippen molar-refractivity contribution >= 4 is 23.2 Å². The third-order valence-corrected chi connectivity index (χ3v) is 4.10. The van der Waals surface area contributed by atoms with Crippen LogP contribution in [0.5, 0.6) is 0 Å². The molecule has 0 saturated heterocycles. The largest absolute Gasteiger partial charge is 1.00 e. The quantitative estimate of drug-likeness (QED) is 0.769. The van der Waals surface area contributed by atoms with Crippen LogP contribution in [0.15, 0.2) is 36.5 Å². The van der Waals surface area contributed by atoms with Crippen LogP contribution < -0.4 is 17.0 Å². The SMILES string of the molecule is CC(C)c1cc(C(C#N)c2ccc(Cl)cc2)c(Cl)c[n+]1C.[Cl-]. The number of aryl methyl sites for hydroxylation is 1. The fourth-order valence-electron chi connectivity index (χ4n) is 2.42. The Hall–Kier alpha value is -1.27. The molecular formula is C17H17Cl3N2. The van der Waals surface area contributed by atoms with Crippen LogP contribution in [0.25, 0.3) is 0 Å². The van der Waals surface area contributed by atoms with E-state index in [0.29, 0.717) is 16.0 Å². The molecule has 1 aromatic carbocycles. The van der Waals surface area contributed by atoms with E-state index in [0.717, 1.165) is 16.8 Å². The molecule has 0 aliphatic carbocycles. The minimum atomic E-state index is -0.395. The summed E-state index contributed by atoms with van der Waals surface area (Å²) >= 11 is 12.3. The third kappa shape index (κ3) is 3.93. The first kappa shape index (κ1) is 18.8. The molecule has 5 heteroatoms. The lowest BCUT2D eigenvalue weighted by molar-refractivity contribution is -0.680. The summed E-state index contributed by atoms with van der Waals surface area (Å²) in [5.74, 6) is -0.0379. The molecule has 0 aliphatic rings. The zero-order valence-corrected chi connectivity index (χ0v) is 14.9. The van der Waals surface area contributed by atoms with Gasteiger partial charge in [-0.1, -0.05) is 49.2 Å². The normalized spacial score (nSPS) is 11.7. The van der Waals surface area contributed by atoms with Gasteiger partial charge in [0.2, 0.25) is 0 Å². The second-order valence-corrected chi connectivity index (χ2v) is 6.22. The van der Waals surface area contributed by atoms with E-state index < -0.39 is 5.92 Å². The van der Waals surface area contributed by atoms with Crippen molar-refractivity contribution in [1.29, 1.82) is 5.26 Å². The van der Waals surface area contributed by atoms with Crippen molar-refractivity contribution in [2.75, 3.05) is 0 Å². The van der Waals surface area contributed by atoms with Crippen LogP contribution in [0.4, 0.5) is 0 Å². The van der Waals surface area contributed by atoms with Crippen LogP contribution in [-0.2, 0) is 7.05 Å². The number of aromatic nitrogens is 1. The Morgan fingerprint density at radius 2 is 1.73 bits per heavy atom. The highest BCUT2D eigenvalue weighted by molar-refractivity contribution is 6.31. The van der Waals surface area contributed by atoms with Crippen LogP contribution in [-0.4, -0.2) is 0 Å². The van der Waals surface area contributed by atoms with Gasteiger partial charge in [0, 0.05) is 22.6 Å². The van der Waals surface area contributed by atoms with E-state index in [1.807, 2.05) is 36.0 Å². The van der Waals surface area contributed by atoms with Crippen LogP contribution >= 0.6 is 23.2 Å². The van der Waals surface area contributed by atoms with Gasteiger partial charge in [-0.25, -0.2) is 4.57 Å². The summed E-state index contributed by atoms with van der Waals surface area (Å²) in [5, 5.41) is 10.8. The Labute approximate surface area is 147 Å². The highest BCUT2D eigenvalue weighted by atomic mass is 35.5. The summed E-state index contributed by atoms with van der Waals surface area (Å²) in [7, 11) is 1.97. The zero-order chi connectivity index (χ0) is 15.6. The van der Waals surface area contributed by atoms with Crippen molar-refractivity contribution in [2.45, 2.75) is 25.7 Å². The maximum Gasteiger partial charge on any atom is 0.187 e. The molecule has 0 bridgehead atoms. The summed E-state index contributed by atoms with van der Waals surface area (Å²) in [6.45, 7) is 4.24. The average molecular weight is 356 g/mol. The molecule has 1 atom stereocenters. The van der Waals surface area contributed by atoms with Gasteiger partial charge in [-0.05, 0) is 17.7 Å². The predicted molar refractivity (Wildman–Crippen MR) is 85.6 cm³/mol. The second-order valence-electron chi connectivity index (χ2n) is 5.38. The van der Waals surface area contributed by atoms with Crippen molar-refractivity contribution in [3.63, 3.8) is 0 Å². The van der Waals surface area contributed by atoms with Gasteiger partial charge in [-0.2, -0.15) is 5.26 Å². The first-order valence-electron chi connectivity index (χ1n) is 6.78. The molecule has 2 nitrogen and oxygen atoms in total. The van der Waals surface area contributed by atoms with E-state index in [4.69, 9.17) is 23.2 Å². The molecule has 22 heavy (non-hydrogen) atoms. The second kappa shape index (κ2) is 7.83. The fourth-order valence-corrected chi connectivity index (χ4v) is 2.86. The van der Waals surface area contributed by atoms with E-state index in [9.17, 15) is 5.26 Å². The summed E-state index contributed by atoms with van der Waals surface area (Å²) in [6, 6.07) is 11.7. The first-order valence-corrected chi connectivity index (χ1v) is 7.53. The Balaban J connectivity index is 0.00000242. The molecule has 2 rings (SSSR count). The fraction of sp³-hybridized carbons (Fsp3) is 0.294. The Kier molecular flexibility index (Phi) is 6.68. The number of nitrogens with zero attached hydrogens (tertiary/aromatic N) is 2. The monoisotopic (exact) mass is 354 g/mol. The van der Waals surface area contributed by atoms with Gasteiger partial charge in [-0.3, -0.25) is 0 Å². The summed E-state index contributed by atoms with van der Waals surface area (Å²) in [6.07, 6.45) is 1.87. The average Bonchev–Trinajstić information content (AvgIpc) is 2.43. The maximum absolute atomic E-state index is 9.58. The predicted octanol–water partition coefficient (Wildman–Crippen LogP) is 1.60. The minimum Gasteiger partial charge on any atom is -1.00 e. The summed E-state index contributed by atoms with van der Waals surface area (Å²) in [5.41, 5.74) is 2.87. The van der Waals surface area contributed by atoms with Crippen molar-refractivity contribution in [3.8, 4) is 6.07 Å². The standard InChI is InChI=1S/C17H17Cl2N2.ClH/c1-11(2)17-8-14(16(19)10-21(17)3)15(9-20)12-4-6-13(18)7-5-12;/h4-8,10-11,15H,1-3H3;1H/q+1;/p-1. The highest BCUT2D eigenvalue weighted by Crippen LogP contribution is 2.31. The zero-order valence-electron chi connectivity index (χ0n) is 12.6. The lowest BCUT2D eigenvalue weighted by Crippen LogP contribution is -3.00. The van der Waals surface area contributed by atoms with E-state index >= 15 is 0 Å². The Morgan fingerprint density at radius 1 is 1.14 bits per heavy atom. The molecule has 2 aromatic rings. The van der Waals surface area contributed by atoms with Crippen molar-refractivity contribution in [1.82, 2.24) is 0 Å². The van der Waals surface area contributed by atoms with Gasteiger partial charge in [0.25, 0.3) is 0 Å². The number of halogens is 3. The molecule has 1 unspecified atom stereocenters. The molecule has 1 heterocycles. The number of hydrogen-bond donors (Lipinski definition) is 0. The van der Waals surface area contributed by atoms with Crippen molar-refractivity contribution in [3.05, 3.63) is 63.4 Å². The summed E-state index contributed by atoms with van der Waals surface area (Å²) in [4.78, 5) is 0. The van der Waals surface area contributed by atoms with E-state index in [-0.39, 0.29) is 12.4 Å². The topological polar surface area (TPSA) is 27.7 Å². The summed E-state index contributed by atoms with van der Waals surface area (Å²) < 4.78 is 2.01. The lowest BCUT2D eigenvalue weighted by Gasteiger charge is -2.13. The first-order chi connectivity index (χ1) is 9.93. The molecule has 116 valence electrons. The molecule has 0 N–H and O–H groups in total. The van der Waals surface area contributed by atoms with Gasteiger partial charge in [0.1, 0.15) is 12.1 Å². The van der Waals surface area contributed by atoms with Gasteiger partial charge >= 0.3 is 0 Å². The van der Waals surface area contributed by atoms with Gasteiger partial charge in [0.15, 0.2) is 11.9 Å². The smallest absolute Gasteiger partial charge is 0.187 e. The van der Waals surface area contributed by atoms with Crippen LogP contribution in [0.3, 0.4) is 0 Å². The number of hydrogen-bond acceptors (Lipinski definition) is 1. The molecular weight excluding hydrogens is 339 g/mol. The minimum absolute atomic E-state index is 0. The van der Waals surface area contributed by atoms with Crippen molar-refractivity contribution in [2.24, 2.45) is 7.05 Å². The van der Waals surface area contributed by atoms with Gasteiger partial charge < -0.3 is 12.4 Å². The number of rotatable bonds is 3. The molecule has 1 aromatic heterocycles.